The van der Waals surface area contributed by atoms with E-state index in [9.17, 15) is 0 Å². The topological polar surface area (TPSA) is 17.8 Å². The monoisotopic (exact) mass is 186 g/mol. The van der Waals surface area contributed by atoms with Gasteiger partial charge in [0.25, 0.3) is 0 Å². The van der Waals surface area contributed by atoms with E-state index in [4.69, 9.17) is 0 Å². The van der Waals surface area contributed by atoms with Gasteiger partial charge in [-0.25, -0.2) is 4.68 Å². The average molecular weight is 186 g/mol. The zero-order chi connectivity index (χ0) is 10.1. The van der Waals surface area contributed by atoms with Gasteiger partial charge >= 0.3 is 0 Å². The van der Waals surface area contributed by atoms with Crippen LogP contribution in [0, 0.1) is 20.8 Å². The van der Waals surface area contributed by atoms with E-state index in [0.717, 1.165) is 11.4 Å². The third-order valence-corrected chi connectivity index (χ3v) is 2.48. The normalized spacial score (nSPS) is 10.5. The Hall–Kier alpha value is -1.57. The van der Waals surface area contributed by atoms with Crippen LogP contribution in [0.4, 0.5) is 0 Å². The van der Waals surface area contributed by atoms with Crippen molar-refractivity contribution >= 4 is 0 Å². The van der Waals surface area contributed by atoms with Crippen LogP contribution in [0.3, 0.4) is 0 Å². The summed E-state index contributed by atoms with van der Waals surface area (Å²) in [4.78, 5) is 0. The number of benzene rings is 1. The summed E-state index contributed by atoms with van der Waals surface area (Å²) >= 11 is 0. The van der Waals surface area contributed by atoms with Crippen LogP contribution >= 0.6 is 0 Å². The van der Waals surface area contributed by atoms with Gasteiger partial charge in [-0.1, -0.05) is 6.07 Å². The van der Waals surface area contributed by atoms with Crippen LogP contribution in [-0.2, 0) is 0 Å². The summed E-state index contributed by atoms with van der Waals surface area (Å²) in [5.41, 5.74) is 4.79. The molecule has 0 fully saturated rings. The molecule has 0 amide bonds. The molecule has 2 rings (SSSR count). The maximum absolute atomic E-state index is 4.37. The van der Waals surface area contributed by atoms with Crippen molar-refractivity contribution in [3.8, 4) is 5.69 Å². The lowest BCUT2D eigenvalue weighted by Crippen LogP contribution is -1.96. The lowest BCUT2D eigenvalue weighted by Gasteiger charge is -2.04. The van der Waals surface area contributed by atoms with E-state index in [1.807, 2.05) is 23.9 Å². The highest BCUT2D eigenvalue weighted by atomic mass is 15.3. The summed E-state index contributed by atoms with van der Waals surface area (Å²) in [6.07, 6.45) is 1.99. The second-order valence-corrected chi connectivity index (χ2v) is 3.67. The highest BCUT2D eigenvalue weighted by Gasteiger charge is 1.99. The minimum atomic E-state index is 1.04. The number of nitrogens with zero attached hydrogens (tertiary/aromatic N) is 2. The van der Waals surface area contributed by atoms with E-state index >= 15 is 0 Å². The molecule has 0 aliphatic rings. The number of aryl methyl sites for hydroxylation is 3. The molecule has 1 heterocycles. The molecule has 0 N–H and O–H groups in total. The number of hydrogen-bond acceptors (Lipinski definition) is 1. The fourth-order valence-corrected chi connectivity index (χ4v) is 1.43. The molecular weight excluding hydrogens is 172 g/mol. The van der Waals surface area contributed by atoms with Crippen molar-refractivity contribution in [2.24, 2.45) is 0 Å². The van der Waals surface area contributed by atoms with Crippen LogP contribution in [0.2, 0.25) is 0 Å². The van der Waals surface area contributed by atoms with E-state index in [-0.39, 0.29) is 0 Å². The number of aromatic nitrogens is 2. The highest BCUT2D eigenvalue weighted by Crippen LogP contribution is 2.13. The molecule has 0 radical (unpaired) electrons. The first kappa shape index (κ1) is 9.00. The third-order valence-electron chi connectivity index (χ3n) is 2.48. The number of rotatable bonds is 1. The van der Waals surface area contributed by atoms with Gasteiger partial charge in [0.15, 0.2) is 0 Å². The van der Waals surface area contributed by atoms with Crippen LogP contribution in [0.15, 0.2) is 30.5 Å². The van der Waals surface area contributed by atoms with Crippen molar-refractivity contribution in [3.63, 3.8) is 0 Å². The van der Waals surface area contributed by atoms with E-state index < -0.39 is 0 Å². The molecule has 0 bridgehead atoms. The van der Waals surface area contributed by atoms with Crippen molar-refractivity contribution in [1.82, 2.24) is 9.78 Å². The van der Waals surface area contributed by atoms with Gasteiger partial charge in [-0.3, -0.25) is 0 Å². The van der Waals surface area contributed by atoms with Gasteiger partial charge in [0, 0.05) is 6.20 Å². The van der Waals surface area contributed by atoms with E-state index in [1.54, 1.807) is 0 Å². The Morgan fingerprint density at radius 1 is 1.00 bits per heavy atom. The molecule has 0 unspecified atom stereocenters. The molecule has 14 heavy (non-hydrogen) atoms. The maximum Gasteiger partial charge on any atom is 0.0648 e. The second kappa shape index (κ2) is 3.29. The van der Waals surface area contributed by atoms with Gasteiger partial charge in [-0.2, -0.15) is 5.10 Å². The first-order chi connectivity index (χ1) is 6.66. The highest BCUT2D eigenvalue weighted by molar-refractivity contribution is 5.39. The predicted octanol–water partition coefficient (Wildman–Crippen LogP) is 2.80. The lowest BCUT2D eigenvalue weighted by molar-refractivity contribution is 0.861. The van der Waals surface area contributed by atoms with Gasteiger partial charge in [0.1, 0.15) is 0 Å². The lowest BCUT2D eigenvalue weighted by atomic mass is 10.1. The van der Waals surface area contributed by atoms with E-state index in [1.165, 1.54) is 11.1 Å². The molecule has 0 aliphatic carbocycles. The molecule has 0 aliphatic heterocycles. The molecular formula is C12H14N2. The zero-order valence-electron chi connectivity index (χ0n) is 8.78. The van der Waals surface area contributed by atoms with Crippen molar-refractivity contribution in [3.05, 3.63) is 47.3 Å². The van der Waals surface area contributed by atoms with Gasteiger partial charge in [0.2, 0.25) is 0 Å². The molecule has 0 saturated heterocycles. The maximum atomic E-state index is 4.37. The predicted molar refractivity (Wildman–Crippen MR) is 57.8 cm³/mol. The van der Waals surface area contributed by atoms with Crippen LogP contribution < -0.4 is 0 Å². The van der Waals surface area contributed by atoms with Gasteiger partial charge in [-0.05, 0) is 50.1 Å². The van der Waals surface area contributed by atoms with E-state index in [0.29, 0.717) is 0 Å². The largest absolute Gasteiger partial charge is 0.241 e. The summed E-state index contributed by atoms with van der Waals surface area (Å²) in [5, 5.41) is 4.37. The van der Waals surface area contributed by atoms with Crippen molar-refractivity contribution in [1.29, 1.82) is 0 Å². The summed E-state index contributed by atoms with van der Waals surface area (Å²) < 4.78 is 1.90. The van der Waals surface area contributed by atoms with Crippen molar-refractivity contribution in [2.45, 2.75) is 20.8 Å². The Labute approximate surface area is 84.2 Å². The van der Waals surface area contributed by atoms with Gasteiger partial charge in [-0.15, -0.1) is 0 Å². The molecule has 1 aromatic heterocycles. The van der Waals surface area contributed by atoms with Gasteiger partial charge in [0.05, 0.1) is 11.4 Å². The van der Waals surface area contributed by atoms with Gasteiger partial charge < -0.3 is 0 Å². The molecule has 0 atom stereocenters. The molecule has 0 saturated carbocycles. The summed E-state index contributed by atoms with van der Waals surface area (Å²) in [7, 11) is 0. The van der Waals surface area contributed by atoms with Crippen LogP contribution in [0.1, 0.15) is 16.8 Å². The SMILES string of the molecule is Cc1ccn(-c2ccc(C)c(C)c2)n1. The summed E-state index contributed by atoms with van der Waals surface area (Å²) in [6, 6.07) is 8.38. The van der Waals surface area contributed by atoms with E-state index in [2.05, 4.69) is 37.1 Å². The standard InChI is InChI=1S/C12H14N2/c1-9-4-5-12(8-10(9)2)14-7-6-11(3)13-14/h4-8H,1-3H3. The second-order valence-electron chi connectivity index (χ2n) is 3.67. The Morgan fingerprint density at radius 3 is 2.36 bits per heavy atom. The Kier molecular flexibility index (Phi) is 2.12. The van der Waals surface area contributed by atoms with Crippen LogP contribution in [0.5, 0.6) is 0 Å². The molecule has 1 aromatic carbocycles. The smallest absolute Gasteiger partial charge is 0.0648 e. The summed E-state index contributed by atoms with van der Waals surface area (Å²) in [6.45, 7) is 6.24. The Bertz CT molecular complexity index is 455. The minimum Gasteiger partial charge on any atom is -0.241 e. The first-order valence-electron chi connectivity index (χ1n) is 4.77. The molecule has 0 spiro atoms. The number of hydrogen-bond donors (Lipinski definition) is 0. The zero-order valence-corrected chi connectivity index (χ0v) is 8.78. The van der Waals surface area contributed by atoms with Crippen LogP contribution in [-0.4, -0.2) is 9.78 Å². The summed E-state index contributed by atoms with van der Waals surface area (Å²) in [5.74, 6) is 0. The Morgan fingerprint density at radius 2 is 1.79 bits per heavy atom. The molecule has 72 valence electrons. The fourth-order valence-electron chi connectivity index (χ4n) is 1.43. The average Bonchev–Trinajstić information content (AvgIpc) is 2.57. The third kappa shape index (κ3) is 1.55. The Balaban J connectivity index is 2.47. The quantitative estimate of drug-likeness (QED) is 0.669. The molecule has 2 aromatic rings. The van der Waals surface area contributed by atoms with Crippen molar-refractivity contribution < 1.29 is 0 Å². The van der Waals surface area contributed by atoms with Crippen LogP contribution in [0.25, 0.3) is 5.69 Å². The van der Waals surface area contributed by atoms with Crippen molar-refractivity contribution in [2.75, 3.05) is 0 Å². The fraction of sp³-hybridized carbons (Fsp3) is 0.250. The molecule has 2 nitrogen and oxygen atoms in total. The minimum absolute atomic E-state index is 1.04. The first-order valence-corrected chi connectivity index (χ1v) is 4.77. The molecule has 2 heteroatoms.